The summed E-state index contributed by atoms with van der Waals surface area (Å²) in [6.45, 7) is 1.70. The van der Waals surface area contributed by atoms with Gasteiger partial charge in [-0.3, -0.25) is 9.69 Å². The molecule has 4 rings (SSSR count). The van der Waals surface area contributed by atoms with Crippen LogP contribution in [0.15, 0.2) is 64.7 Å². The van der Waals surface area contributed by atoms with Crippen molar-refractivity contribution in [2.75, 3.05) is 14.2 Å². The van der Waals surface area contributed by atoms with Crippen LogP contribution < -0.4 is 14.8 Å². The van der Waals surface area contributed by atoms with E-state index in [4.69, 9.17) is 13.9 Å². The number of methoxy groups -OCH3 is 2. The second-order valence-corrected chi connectivity index (χ2v) is 7.81. The molecule has 0 atom stereocenters. The lowest BCUT2D eigenvalue weighted by atomic mass is 10.1. The Labute approximate surface area is 206 Å². The molecule has 0 aliphatic carbocycles. The first kappa shape index (κ1) is 24.3. The van der Waals surface area contributed by atoms with Crippen molar-refractivity contribution in [2.24, 2.45) is 0 Å². The molecule has 0 unspecified atom stereocenters. The minimum atomic E-state index is -0.666. The summed E-state index contributed by atoms with van der Waals surface area (Å²) in [7, 11) is 2.64. The van der Waals surface area contributed by atoms with Gasteiger partial charge in [0.05, 0.1) is 26.3 Å². The number of amides is 3. The Balaban J connectivity index is 1.49. The second kappa shape index (κ2) is 10.2. The van der Waals surface area contributed by atoms with Crippen molar-refractivity contribution in [1.82, 2.24) is 10.2 Å². The van der Waals surface area contributed by atoms with Crippen LogP contribution in [0.5, 0.6) is 11.5 Å². The fraction of sp³-hybridized carbons (Fsp3) is 0.154. The van der Waals surface area contributed by atoms with Gasteiger partial charge in [-0.25, -0.2) is 14.4 Å². The molecule has 184 valence electrons. The summed E-state index contributed by atoms with van der Waals surface area (Å²) in [5, 5.41) is 2.51. The molecule has 1 fully saturated rings. The van der Waals surface area contributed by atoms with E-state index >= 15 is 0 Å². The molecule has 1 saturated heterocycles. The summed E-state index contributed by atoms with van der Waals surface area (Å²) in [6, 6.07) is 14.0. The third-order valence-electron chi connectivity index (χ3n) is 5.28. The van der Waals surface area contributed by atoms with Gasteiger partial charge in [-0.2, -0.15) is 0 Å². The summed E-state index contributed by atoms with van der Waals surface area (Å²) in [6.07, 6.45) is 1.47. The number of carbonyl (C=O) groups excluding carboxylic acids is 4. The van der Waals surface area contributed by atoms with Crippen LogP contribution in [-0.2, 0) is 16.1 Å². The maximum absolute atomic E-state index is 12.8. The van der Waals surface area contributed by atoms with E-state index in [0.717, 1.165) is 10.5 Å². The number of furan rings is 1. The van der Waals surface area contributed by atoms with Gasteiger partial charge in [-0.15, -0.1) is 0 Å². The number of carbonyl (C=O) groups is 4. The van der Waals surface area contributed by atoms with Crippen molar-refractivity contribution in [3.8, 4) is 11.5 Å². The lowest BCUT2D eigenvalue weighted by Crippen LogP contribution is -2.30. The normalized spacial score (nSPS) is 14.1. The first-order valence-electron chi connectivity index (χ1n) is 10.8. The summed E-state index contributed by atoms with van der Waals surface area (Å²) in [5.74, 6) is -1.11. The number of ether oxygens (including phenoxy) is 3. The highest BCUT2D eigenvalue weighted by atomic mass is 16.6. The Morgan fingerprint density at radius 3 is 2.53 bits per heavy atom. The van der Waals surface area contributed by atoms with Crippen molar-refractivity contribution in [3.05, 3.63) is 88.5 Å². The number of hydrogen-bond donors (Lipinski definition) is 1. The van der Waals surface area contributed by atoms with Crippen molar-refractivity contribution in [1.29, 1.82) is 0 Å². The first-order valence-corrected chi connectivity index (χ1v) is 10.8. The molecule has 36 heavy (non-hydrogen) atoms. The molecule has 1 aliphatic heterocycles. The van der Waals surface area contributed by atoms with E-state index in [1.807, 2.05) is 13.0 Å². The van der Waals surface area contributed by atoms with E-state index in [9.17, 15) is 19.2 Å². The zero-order valence-electron chi connectivity index (χ0n) is 19.7. The van der Waals surface area contributed by atoms with Crippen LogP contribution >= 0.6 is 0 Å². The molecule has 1 aromatic heterocycles. The predicted molar refractivity (Wildman–Crippen MR) is 126 cm³/mol. The average Bonchev–Trinajstić information content (AvgIpc) is 3.44. The molecule has 1 N–H and O–H groups in total. The largest absolute Gasteiger partial charge is 0.493 e. The van der Waals surface area contributed by atoms with Crippen molar-refractivity contribution in [2.45, 2.75) is 13.5 Å². The quantitative estimate of drug-likeness (QED) is 0.230. The van der Waals surface area contributed by atoms with E-state index in [1.165, 1.54) is 38.5 Å². The third kappa shape index (κ3) is 5.12. The number of hydrogen-bond acceptors (Lipinski definition) is 8. The summed E-state index contributed by atoms with van der Waals surface area (Å²) in [5.41, 5.74) is 1.88. The van der Waals surface area contributed by atoms with Crippen LogP contribution in [0.25, 0.3) is 6.08 Å². The first-order chi connectivity index (χ1) is 17.3. The van der Waals surface area contributed by atoms with Gasteiger partial charge in [0.25, 0.3) is 5.91 Å². The van der Waals surface area contributed by atoms with E-state index in [2.05, 4.69) is 10.1 Å². The average molecular weight is 490 g/mol. The second-order valence-electron chi connectivity index (χ2n) is 7.81. The topological polar surface area (TPSA) is 124 Å². The molecule has 0 saturated carbocycles. The zero-order valence-corrected chi connectivity index (χ0v) is 19.7. The molecule has 10 nitrogen and oxygen atoms in total. The number of aryl methyl sites for hydroxylation is 1. The van der Waals surface area contributed by atoms with Crippen LogP contribution in [0, 0.1) is 6.92 Å². The monoisotopic (exact) mass is 490 g/mol. The van der Waals surface area contributed by atoms with E-state index in [0.29, 0.717) is 11.1 Å². The van der Waals surface area contributed by atoms with Gasteiger partial charge < -0.3 is 23.9 Å². The molecule has 10 heteroatoms. The van der Waals surface area contributed by atoms with Gasteiger partial charge in [0.1, 0.15) is 11.5 Å². The van der Waals surface area contributed by atoms with Gasteiger partial charge >= 0.3 is 18.0 Å². The molecule has 0 spiro atoms. The van der Waals surface area contributed by atoms with E-state index in [1.54, 1.807) is 30.3 Å². The summed E-state index contributed by atoms with van der Waals surface area (Å²) >= 11 is 0. The Hall–Kier alpha value is -4.86. The van der Waals surface area contributed by atoms with Crippen LogP contribution in [-0.4, -0.2) is 43.0 Å². The number of nitrogens with one attached hydrogen (secondary N) is 1. The molecule has 0 bridgehead atoms. The zero-order chi connectivity index (χ0) is 25.8. The van der Waals surface area contributed by atoms with Crippen LogP contribution in [0.3, 0.4) is 0 Å². The fourth-order valence-electron chi connectivity index (χ4n) is 3.50. The molecule has 3 amide bonds. The van der Waals surface area contributed by atoms with Crippen LogP contribution in [0.2, 0.25) is 0 Å². The smallest absolute Gasteiger partial charge is 0.373 e. The lowest BCUT2D eigenvalue weighted by Gasteiger charge is -2.11. The SMILES string of the molecule is COC(=O)c1ccc(CN2C(=O)NC(=Cc3ccc(OC(=O)c4cccc(C)c4)c(OC)c3)C2=O)o1. The number of urea groups is 1. The summed E-state index contributed by atoms with van der Waals surface area (Å²) < 4.78 is 20.7. The highest BCUT2D eigenvalue weighted by Crippen LogP contribution is 2.30. The Morgan fingerprint density at radius 1 is 1.00 bits per heavy atom. The molecule has 3 aromatic rings. The highest BCUT2D eigenvalue weighted by Gasteiger charge is 2.34. The van der Waals surface area contributed by atoms with Crippen molar-refractivity contribution >= 4 is 30.0 Å². The van der Waals surface area contributed by atoms with Crippen molar-refractivity contribution in [3.63, 3.8) is 0 Å². The Bertz CT molecular complexity index is 1390. The fourth-order valence-corrected chi connectivity index (χ4v) is 3.50. The number of benzene rings is 2. The molecule has 2 heterocycles. The van der Waals surface area contributed by atoms with Crippen molar-refractivity contribution < 1.29 is 37.8 Å². The standard InChI is InChI=1S/C26H22N2O8/c1-15-5-4-6-17(11-15)24(30)36-20-9-7-16(13-22(20)33-2)12-19-23(29)28(26(32)27-19)14-18-8-10-21(35-18)25(31)34-3/h4-13H,14H2,1-3H3,(H,27,32). The maximum Gasteiger partial charge on any atom is 0.373 e. The van der Waals surface area contributed by atoms with Gasteiger partial charge in [-0.1, -0.05) is 23.8 Å². The third-order valence-corrected chi connectivity index (χ3v) is 5.28. The van der Waals surface area contributed by atoms with E-state index in [-0.39, 0.29) is 35.3 Å². The van der Waals surface area contributed by atoms with E-state index < -0.39 is 23.9 Å². The minimum absolute atomic E-state index is 0.0336. The van der Waals surface area contributed by atoms with Crippen LogP contribution in [0.1, 0.15) is 37.8 Å². The number of esters is 2. The van der Waals surface area contributed by atoms with Gasteiger partial charge in [0.2, 0.25) is 5.76 Å². The Morgan fingerprint density at radius 2 is 1.81 bits per heavy atom. The molecule has 2 aromatic carbocycles. The van der Waals surface area contributed by atoms with Gasteiger partial charge in [0.15, 0.2) is 11.5 Å². The van der Waals surface area contributed by atoms with Gasteiger partial charge in [-0.05, 0) is 55.0 Å². The molecule has 0 radical (unpaired) electrons. The highest BCUT2D eigenvalue weighted by molar-refractivity contribution is 6.13. The Kier molecular flexibility index (Phi) is 6.86. The minimum Gasteiger partial charge on any atom is -0.493 e. The number of rotatable bonds is 7. The number of imide groups is 1. The molecular formula is C26H22N2O8. The lowest BCUT2D eigenvalue weighted by molar-refractivity contribution is -0.123. The molecular weight excluding hydrogens is 468 g/mol. The van der Waals surface area contributed by atoms with Gasteiger partial charge in [0, 0.05) is 0 Å². The summed E-state index contributed by atoms with van der Waals surface area (Å²) in [4.78, 5) is 50.2. The molecule has 1 aliphatic rings. The van der Waals surface area contributed by atoms with Crippen LogP contribution in [0.4, 0.5) is 4.79 Å². The maximum atomic E-state index is 12.8. The number of nitrogens with zero attached hydrogens (tertiary/aromatic N) is 1. The predicted octanol–water partition coefficient (Wildman–Crippen LogP) is 3.70.